The van der Waals surface area contributed by atoms with Gasteiger partial charge in [0.2, 0.25) is 0 Å². The van der Waals surface area contributed by atoms with Crippen molar-refractivity contribution < 1.29 is 14.3 Å². The number of benzene rings is 1. The molecular formula is C15H22FNO2. The van der Waals surface area contributed by atoms with Crippen LogP contribution in [0.3, 0.4) is 0 Å². The molecule has 0 aromatic heterocycles. The zero-order valence-corrected chi connectivity index (χ0v) is 11.8. The van der Waals surface area contributed by atoms with Crippen LogP contribution in [0.15, 0.2) is 24.3 Å². The van der Waals surface area contributed by atoms with Gasteiger partial charge in [-0.05, 0) is 26.0 Å². The quantitative estimate of drug-likeness (QED) is 0.822. The number of hydrogen-bond acceptors (Lipinski definition) is 2. The Kier molecular flexibility index (Phi) is 5.96. The molecule has 0 saturated carbocycles. The standard InChI is InChI=1S/C15H22FNO2/c1-4-14(12-8-6-7-9-13(12)16)17(5-2)11(3)10-15(18)19/h6-9,11,14H,4-5,10H2,1-3H3,(H,18,19). The van der Waals surface area contributed by atoms with Crippen LogP contribution >= 0.6 is 0 Å². The molecule has 19 heavy (non-hydrogen) atoms. The molecule has 0 aliphatic carbocycles. The number of carboxylic acid groups (broad SMARTS) is 1. The molecule has 1 aromatic carbocycles. The van der Waals surface area contributed by atoms with Crippen LogP contribution in [-0.2, 0) is 4.79 Å². The molecule has 0 bridgehead atoms. The number of halogens is 1. The molecular weight excluding hydrogens is 245 g/mol. The molecule has 2 unspecified atom stereocenters. The lowest BCUT2D eigenvalue weighted by Crippen LogP contribution is -2.38. The lowest BCUT2D eigenvalue weighted by atomic mass is 9.99. The molecule has 4 heteroatoms. The summed E-state index contributed by atoms with van der Waals surface area (Å²) in [6.07, 6.45) is 0.817. The van der Waals surface area contributed by atoms with Crippen LogP contribution in [0, 0.1) is 5.82 Å². The number of carboxylic acids is 1. The van der Waals surface area contributed by atoms with Gasteiger partial charge in [0.15, 0.2) is 0 Å². The Hall–Kier alpha value is -1.42. The van der Waals surface area contributed by atoms with E-state index in [4.69, 9.17) is 5.11 Å². The summed E-state index contributed by atoms with van der Waals surface area (Å²) in [6.45, 7) is 6.54. The molecule has 0 aliphatic heterocycles. The predicted octanol–water partition coefficient (Wildman–Crippen LogP) is 3.46. The molecule has 0 fully saturated rings. The molecule has 0 saturated heterocycles. The maximum absolute atomic E-state index is 13.9. The maximum Gasteiger partial charge on any atom is 0.304 e. The number of carbonyl (C=O) groups is 1. The second kappa shape index (κ2) is 7.24. The second-order valence-corrected chi connectivity index (χ2v) is 4.72. The van der Waals surface area contributed by atoms with Crippen molar-refractivity contribution >= 4 is 5.97 Å². The van der Waals surface area contributed by atoms with Crippen LogP contribution in [-0.4, -0.2) is 28.6 Å². The Labute approximate surface area is 114 Å². The van der Waals surface area contributed by atoms with Crippen molar-refractivity contribution in [1.29, 1.82) is 0 Å². The Balaban J connectivity index is 2.99. The zero-order valence-electron chi connectivity index (χ0n) is 11.8. The summed E-state index contributed by atoms with van der Waals surface area (Å²) in [5.74, 6) is -1.05. The average molecular weight is 267 g/mol. The number of nitrogens with zero attached hydrogens (tertiary/aromatic N) is 1. The smallest absolute Gasteiger partial charge is 0.304 e. The van der Waals surface area contributed by atoms with E-state index >= 15 is 0 Å². The van der Waals surface area contributed by atoms with Crippen molar-refractivity contribution in [3.8, 4) is 0 Å². The summed E-state index contributed by atoms with van der Waals surface area (Å²) in [5.41, 5.74) is 0.643. The molecule has 1 N–H and O–H groups in total. The van der Waals surface area contributed by atoms with Crippen molar-refractivity contribution in [2.24, 2.45) is 0 Å². The van der Waals surface area contributed by atoms with Gasteiger partial charge in [-0.1, -0.05) is 32.0 Å². The summed E-state index contributed by atoms with van der Waals surface area (Å²) in [5, 5.41) is 8.91. The highest BCUT2D eigenvalue weighted by molar-refractivity contribution is 5.67. The van der Waals surface area contributed by atoms with Crippen molar-refractivity contribution in [3.63, 3.8) is 0 Å². The third-order valence-corrected chi connectivity index (χ3v) is 3.45. The van der Waals surface area contributed by atoms with E-state index in [1.807, 2.05) is 31.7 Å². The maximum atomic E-state index is 13.9. The largest absolute Gasteiger partial charge is 0.481 e. The summed E-state index contributed by atoms with van der Waals surface area (Å²) in [4.78, 5) is 12.9. The van der Waals surface area contributed by atoms with Gasteiger partial charge in [-0.3, -0.25) is 9.69 Å². The zero-order chi connectivity index (χ0) is 14.4. The molecule has 0 aliphatic rings. The Bertz CT molecular complexity index is 422. The van der Waals surface area contributed by atoms with Crippen molar-refractivity contribution in [1.82, 2.24) is 4.90 Å². The average Bonchev–Trinajstić information content (AvgIpc) is 2.36. The van der Waals surface area contributed by atoms with E-state index in [1.165, 1.54) is 6.07 Å². The Morgan fingerprint density at radius 3 is 2.47 bits per heavy atom. The van der Waals surface area contributed by atoms with Crippen molar-refractivity contribution in [2.75, 3.05) is 6.54 Å². The third kappa shape index (κ3) is 4.03. The minimum Gasteiger partial charge on any atom is -0.481 e. The molecule has 0 radical (unpaired) electrons. The monoisotopic (exact) mass is 267 g/mol. The van der Waals surface area contributed by atoms with Crippen LogP contribution in [0.2, 0.25) is 0 Å². The van der Waals surface area contributed by atoms with Gasteiger partial charge in [0, 0.05) is 17.6 Å². The molecule has 106 valence electrons. The van der Waals surface area contributed by atoms with E-state index in [-0.39, 0.29) is 24.3 Å². The first kappa shape index (κ1) is 15.6. The normalized spacial score (nSPS) is 14.4. The van der Waals surface area contributed by atoms with Gasteiger partial charge in [0.05, 0.1) is 6.42 Å². The van der Waals surface area contributed by atoms with Gasteiger partial charge in [-0.2, -0.15) is 0 Å². The second-order valence-electron chi connectivity index (χ2n) is 4.72. The van der Waals surface area contributed by atoms with E-state index in [1.54, 1.807) is 12.1 Å². The summed E-state index contributed by atoms with van der Waals surface area (Å²) in [7, 11) is 0. The van der Waals surface area contributed by atoms with Crippen LogP contribution in [0.4, 0.5) is 4.39 Å². The highest BCUT2D eigenvalue weighted by atomic mass is 19.1. The fourth-order valence-electron chi connectivity index (χ4n) is 2.59. The number of aliphatic carboxylic acids is 1. The molecule has 0 heterocycles. The van der Waals surface area contributed by atoms with E-state index < -0.39 is 5.97 Å². The molecule has 1 aromatic rings. The minimum absolute atomic E-state index is 0.0682. The molecule has 2 atom stereocenters. The van der Waals surface area contributed by atoms with Gasteiger partial charge < -0.3 is 5.11 Å². The predicted molar refractivity (Wildman–Crippen MR) is 73.5 cm³/mol. The first-order chi connectivity index (χ1) is 9.01. The topological polar surface area (TPSA) is 40.5 Å². The van der Waals surface area contributed by atoms with Crippen molar-refractivity contribution in [2.45, 2.75) is 45.7 Å². The fourth-order valence-corrected chi connectivity index (χ4v) is 2.59. The summed E-state index contributed by atoms with van der Waals surface area (Å²) >= 11 is 0. The highest BCUT2D eigenvalue weighted by Crippen LogP contribution is 2.28. The van der Waals surface area contributed by atoms with Gasteiger partial charge >= 0.3 is 5.97 Å². The molecule has 0 amide bonds. The van der Waals surface area contributed by atoms with E-state index in [0.29, 0.717) is 12.1 Å². The van der Waals surface area contributed by atoms with Crippen LogP contribution in [0.25, 0.3) is 0 Å². The first-order valence-electron chi connectivity index (χ1n) is 6.73. The van der Waals surface area contributed by atoms with Crippen LogP contribution in [0.5, 0.6) is 0 Å². The van der Waals surface area contributed by atoms with Crippen LogP contribution < -0.4 is 0 Å². The van der Waals surface area contributed by atoms with Crippen molar-refractivity contribution in [3.05, 3.63) is 35.6 Å². The van der Waals surface area contributed by atoms with Gasteiger partial charge in [-0.15, -0.1) is 0 Å². The number of rotatable bonds is 7. The number of hydrogen-bond donors (Lipinski definition) is 1. The summed E-state index contributed by atoms with van der Waals surface area (Å²) in [6, 6.07) is 6.51. The van der Waals surface area contributed by atoms with Crippen LogP contribution in [0.1, 0.15) is 45.2 Å². The van der Waals surface area contributed by atoms with Gasteiger partial charge in [0.25, 0.3) is 0 Å². The highest BCUT2D eigenvalue weighted by Gasteiger charge is 2.25. The fraction of sp³-hybridized carbons (Fsp3) is 0.533. The van der Waals surface area contributed by atoms with Gasteiger partial charge in [-0.25, -0.2) is 4.39 Å². The molecule has 1 rings (SSSR count). The van der Waals surface area contributed by atoms with E-state index in [2.05, 4.69) is 0 Å². The van der Waals surface area contributed by atoms with E-state index in [0.717, 1.165) is 6.42 Å². The first-order valence-corrected chi connectivity index (χ1v) is 6.73. The lowest BCUT2D eigenvalue weighted by Gasteiger charge is -2.35. The van der Waals surface area contributed by atoms with Gasteiger partial charge in [0.1, 0.15) is 5.82 Å². The van der Waals surface area contributed by atoms with E-state index in [9.17, 15) is 9.18 Å². The minimum atomic E-state index is -0.825. The molecule has 0 spiro atoms. The third-order valence-electron chi connectivity index (χ3n) is 3.45. The molecule has 3 nitrogen and oxygen atoms in total. The summed E-state index contributed by atoms with van der Waals surface area (Å²) < 4.78 is 13.9. The lowest BCUT2D eigenvalue weighted by molar-refractivity contribution is -0.138. The Morgan fingerprint density at radius 1 is 1.37 bits per heavy atom. The SMILES string of the molecule is CCC(c1ccccc1F)N(CC)C(C)CC(=O)O. The Morgan fingerprint density at radius 2 is 2.00 bits per heavy atom.